The van der Waals surface area contributed by atoms with Crippen molar-refractivity contribution in [3.05, 3.63) is 11.6 Å². The second-order valence-corrected chi connectivity index (χ2v) is 17.8. The van der Waals surface area contributed by atoms with Crippen molar-refractivity contribution in [1.82, 2.24) is 14.7 Å². The van der Waals surface area contributed by atoms with Crippen molar-refractivity contribution in [2.75, 3.05) is 54.4 Å². The molecule has 0 bridgehead atoms. The average Bonchev–Trinajstić information content (AvgIpc) is 3.36. The molecule has 0 aromatic heterocycles. The highest BCUT2D eigenvalue weighted by atomic mass is 35.5. The molecule has 0 heterocycles. The molecule has 8 heteroatoms. The van der Waals surface area contributed by atoms with Gasteiger partial charge in [-0.05, 0) is 145 Å². The van der Waals surface area contributed by atoms with Gasteiger partial charge in [0.2, 0.25) is 5.91 Å². The summed E-state index contributed by atoms with van der Waals surface area (Å²) in [5, 5.41) is 0. The molecule has 0 saturated heterocycles. The monoisotopic (exact) mass is 728 g/mol. The predicted molar refractivity (Wildman–Crippen MR) is 210 cm³/mol. The Labute approximate surface area is 314 Å². The smallest absolute Gasteiger partial charge is 0.306 e. The number of amides is 1. The molecule has 8 unspecified atom stereocenters. The maximum Gasteiger partial charge on any atom is 0.306 e. The van der Waals surface area contributed by atoms with Crippen LogP contribution in [-0.2, 0) is 14.3 Å². The summed E-state index contributed by atoms with van der Waals surface area (Å²) in [6, 6.07) is 0. The second-order valence-electron chi connectivity index (χ2n) is 17.8. The lowest BCUT2D eigenvalue weighted by Crippen LogP contribution is -2.51. The first-order valence-electron chi connectivity index (χ1n) is 19.7. The van der Waals surface area contributed by atoms with Crippen LogP contribution in [0.15, 0.2) is 11.6 Å². The number of ether oxygens (including phenoxy) is 1. The quantitative estimate of drug-likeness (QED) is 0.110. The zero-order chi connectivity index (χ0) is 34.4. The molecule has 0 radical (unpaired) electrons. The zero-order valence-corrected chi connectivity index (χ0v) is 34.6. The minimum absolute atomic E-state index is 0. The van der Waals surface area contributed by atoms with Crippen molar-refractivity contribution in [3.63, 3.8) is 0 Å². The largest absolute Gasteiger partial charge is 0.462 e. The van der Waals surface area contributed by atoms with E-state index in [2.05, 4.69) is 78.7 Å². The second kappa shape index (κ2) is 19.9. The summed E-state index contributed by atoms with van der Waals surface area (Å²) in [5.41, 5.74) is 2.33. The summed E-state index contributed by atoms with van der Waals surface area (Å²) >= 11 is 0. The fraction of sp³-hybridized carbons (Fsp3) is 0.902. The van der Waals surface area contributed by atoms with Gasteiger partial charge < -0.3 is 19.4 Å². The molecule has 3 saturated carbocycles. The van der Waals surface area contributed by atoms with Gasteiger partial charge in [0.1, 0.15) is 6.10 Å². The van der Waals surface area contributed by atoms with Crippen LogP contribution in [0.3, 0.4) is 0 Å². The number of rotatable bonds is 17. The van der Waals surface area contributed by atoms with Crippen LogP contribution in [0.5, 0.6) is 0 Å². The molecular formula is C41H75Cl2N3O3. The number of allylic oxidation sites excluding steroid dienone is 1. The lowest BCUT2D eigenvalue weighted by molar-refractivity contribution is -0.153. The molecular weight excluding hydrogens is 653 g/mol. The van der Waals surface area contributed by atoms with Crippen LogP contribution in [0, 0.1) is 46.3 Å². The fourth-order valence-electron chi connectivity index (χ4n) is 10.9. The summed E-state index contributed by atoms with van der Waals surface area (Å²) in [5.74, 6) is 4.90. The first-order chi connectivity index (χ1) is 22.2. The van der Waals surface area contributed by atoms with Crippen LogP contribution in [-0.4, -0.2) is 87.0 Å². The molecule has 0 spiro atoms. The maximum atomic E-state index is 13.2. The van der Waals surface area contributed by atoms with E-state index in [0.29, 0.717) is 5.41 Å². The number of fused-ring (bicyclic) bond motifs is 5. The normalized spacial score (nSPS) is 31.2. The van der Waals surface area contributed by atoms with Gasteiger partial charge in [0, 0.05) is 25.9 Å². The molecule has 0 aromatic carbocycles. The zero-order valence-electron chi connectivity index (χ0n) is 32.9. The number of hydrogen-bond acceptors (Lipinski definition) is 5. The third kappa shape index (κ3) is 11.3. The SMILES string of the molecule is CC(C)CCCC(C)C1CCC2C3CC=C4CC(OC(=O)CCC(=O)N(CCCN(C)C)CCCN(C)C)CCC4(C)C3CCC12C.Cl.Cl. The van der Waals surface area contributed by atoms with Crippen LogP contribution in [0.2, 0.25) is 0 Å². The van der Waals surface area contributed by atoms with Gasteiger partial charge in [-0.15, -0.1) is 24.8 Å². The molecule has 3 fully saturated rings. The van der Waals surface area contributed by atoms with E-state index in [4.69, 9.17) is 4.74 Å². The molecule has 8 atom stereocenters. The number of nitrogens with zero attached hydrogens (tertiary/aromatic N) is 3. The third-order valence-corrected chi connectivity index (χ3v) is 13.5. The lowest BCUT2D eigenvalue weighted by atomic mass is 9.47. The van der Waals surface area contributed by atoms with Gasteiger partial charge in [0.15, 0.2) is 0 Å². The number of carbonyl (C=O) groups excluding carboxylic acids is 2. The Balaban J connectivity index is 0.00000417. The van der Waals surface area contributed by atoms with E-state index in [-0.39, 0.29) is 61.1 Å². The van der Waals surface area contributed by atoms with Crippen LogP contribution < -0.4 is 0 Å². The molecule has 0 N–H and O–H groups in total. The van der Waals surface area contributed by atoms with E-state index in [1.807, 2.05) is 4.90 Å². The molecule has 0 aliphatic heterocycles. The minimum Gasteiger partial charge on any atom is -0.462 e. The van der Waals surface area contributed by atoms with Gasteiger partial charge in [0.05, 0.1) is 6.42 Å². The van der Waals surface area contributed by atoms with Gasteiger partial charge in [0.25, 0.3) is 0 Å². The van der Waals surface area contributed by atoms with Crippen molar-refractivity contribution < 1.29 is 14.3 Å². The summed E-state index contributed by atoms with van der Waals surface area (Å²) < 4.78 is 6.09. The van der Waals surface area contributed by atoms with Gasteiger partial charge in [-0.3, -0.25) is 9.59 Å². The Bertz CT molecular complexity index is 1050. The van der Waals surface area contributed by atoms with E-state index in [1.54, 1.807) is 5.57 Å². The van der Waals surface area contributed by atoms with Crippen LogP contribution in [0.4, 0.5) is 0 Å². The number of halogens is 2. The Morgan fingerprint density at radius 1 is 0.816 bits per heavy atom. The fourth-order valence-corrected chi connectivity index (χ4v) is 10.9. The van der Waals surface area contributed by atoms with Crippen molar-refractivity contribution in [2.24, 2.45) is 46.3 Å². The van der Waals surface area contributed by atoms with E-state index >= 15 is 0 Å². The topological polar surface area (TPSA) is 53.1 Å². The van der Waals surface area contributed by atoms with Crippen molar-refractivity contribution in [3.8, 4) is 0 Å². The molecule has 49 heavy (non-hydrogen) atoms. The highest BCUT2D eigenvalue weighted by molar-refractivity contribution is 5.85. The standard InChI is InChI=1S/C41H73N3O3.2ClH/c1-30(2)13-10-14-31(3)35-17-18-36-34-16-15-32-29-33(21-23-40(32,4)37(34)22-24-41(35,36)5)47-39(46)20-19-38(45)44(27-11-25-42(6)7)28-12-26-43(8)9;;/h15,30-31,33-37H,10-14,16-29H2,1-9H3;2*1H. The van der Waals surface area contributed by atoms with Gasteiger partial charge in [-0.1, -0.05) is 65.5 Å². The Morgan fingerprint density at radius 3 is 2.08 bits per heavy atom. The summed E-state index contributed by atoms with van der Waals surface area (Å²) in [6.45, 7) is 15.9. The van der Waals surface area contributed by atoms with Crippen molar-refractivity contribution in [2.45, 2.75) is 137 Å². The van der Waals surface area contributed by atoms with E-state index < -0.39 is 0 Å². The molecule has 6 nitrogen and oxygen atoms in total. The minimum atomic E-state index is -0.198. The molecule has 4 aliphatic rings. The highest BCUT2D eigenvalue weighted by Crippen LogP contribution is 2.67. The van der Waals surface area contributed by atoms with Crippen molar-refractivity contribution >= 4 is 36.7 Å². The summed E-state index contributed by atoms with van der Waals surface area (Å²) in [4.78, 5) is 32.5. The number of carbonyl (C=O) groups is 2. The first kappa shape index (κ1) is 44.3. The molecule has 4 aliphatic carbocycles. The Hall–Kier alpha value is -0.820. The molecule has 1 amide bonds. The van der Waals surface area contributed by atoms with Crippen LogP contribution in [0.25, 0.3) is 0 Å². The van der Waals surface area contributed by atoms with Gasteiger partial charge >= 0.3 is 5.97 Å². The lowest BCUT2D eigenvalue weighted by Gasteiger charge is -2.58. The Kier molecular flexibility index (Phi) is 18.0. The highest BCUT2D eigenvalue weighted by Gasteiger charge is 2.59. The van der Waals surface area contributed by atoms with Crippen LogP contribution >= 0.6 is 24.8 Å². The maximum absolute atomic E-state index is 13.2. The summed E-state index contributed by atoms with van der Waals surface area (Å²) in [7, 11) is 8.26. The van der Waals surface area contributed by atoms with Crippen molar-refractivity contribution in [1.29, 1.82) is 0 Å². The first-order valence-corrected chi connectivity index (χ1v) is 19.7. The summed E-state index contributed by atoms with van der Waals surface area (Å²) in [6.07, 6.45) is 18.9. The number of hydrogen-bond donors (Lipinski definition) is 0. The van der Waals surface area contributed by atoms with Gasteiger partial charge in [-0.25, -0.2) is 0 Å². The Morgan fingerprint density at radius 2 is 1.47 bits per heavy atom. The molecule has 4 rings (SSSR count). The van der Waals surface area contributed by atoms with E-state index in [0.717, 1.165) is 93.8 Å². The van der Waals surface area contributed by atoms with E-state index in [1.165, 1.54) is 51.4 Å². The van der Waals surface area contributed by atoms with Gasteiger partial charge in [-0.2, -0.15) is 0 Å². The predicted octanol–water partition coefficient (Wildman–Crippen LogP) is 9.30. The molecule has 286 valence electrons. The third-order valence-electron chi connectivity index (χ3n) is 13.5. The molecule has 0 aromatic rings. The van der Waals surface area contributed by atoms with E-state index in [9.17, 15) is 9.59 Å². The van der Waals surface area contributed by atoms with Crippen LogP contribution in [0.1, 0.15) is 131 Å². The average molecular weight is 729 g/mol. The number of esters is 1.